The molecule has 0 saturated heterocycles. The molecule has 1 heterocycles. The molecule has 1 N–H and O–H groups in total. The summed E-state index contributed by atoms with van der Waals surface area (Å²) in [4.78, 5) is 0. The zero-order valence-corrected chi connectivity index (χ0v) is 11.8. The Hall–Kier alpha value is -1.44. The predicted molar refractivity (Wildman–Crippen MR) is 73.3 cm³/mol. The smallest absolute Gasteiger partial charge is 0.208 e. The minimum Gasteiger partial charge on any atom is -0.251 e. The second-order valence-corrected chi connectivity index (χ2v) is 6.31. The molecule has 2 rings (SSSR count). The molecule has 0 fully saturated rings. The number of hydrogen-bond donors (Lipinski definition) is 1. The number of benzene rings is 1. The van der Waals surface area contributed by atoms with E-state index >= 15 is 0 Å². The van der Waals surface area contributed by atoms with Crippen molar-refractivity contribution in [3.63, 3.8) is 0 Å². The van der Waals surface area contributed by atoms with Crippen LogP contribution in [0.4, 0.5) is 0 Å². The average Bonchev–Trinajstić information content (AvgIpc) is 2.76. The van der Waals surface area contributed by atoms with Crippen LogP contribution in [-0.2, 0) is 16.6 Å². The van der Waals surface area contributed by atoms with E-state index in [1.807, 2.05) is 12.1 Å². The van der Waals surface area contributed by atoms with E-state index in [0.29, 0.717) is 17.3 Å². The molecule has 0 spiro atoms. The van der Waals surface area contributed by atoms with Gasteiger partial charge in [0.05, 0.1) is 19.0 Å². The molecule has 0 aliphatic carbocycles. The fourth-order valence-electron chi connectivity index (χ4n) is 1.53. The normalized spacial score (nSPS) is 11.7. The van der Waals surface area contributed by atoms with Gasteiger partial charge in [-0.25, -0.2) is 13.1 Å². The van der Waals surface area contributed by atoms with Gasteiger partial charge in [0.25, 0.3) is 0 Å². The lowest BCUT2D eigenvalue weighted by atomic mass is 10.2. The Kier molecular flexibility index (Phi) is 4.18. The summed E-state index contributed by atoms with van der Waals surface area (Å²) in [6.07, 6.45) is 2.86. The predicted octanol–water partition coefficient (Wildman–Crippen LogP) is 1.15. The van der Waals surface area contributed by atoms with Crippen molar-refractivity contribution in [2.24, 2.45) is 0 Å². The maximum atomic E-state index is 10.9. The first-order valence-electron chi connectivity index (χ1n) is 5.55. The fourth-order valence-corrected chi connectivity index (χ4v) is 2.19. The summed E-state index contributed by atoms with van der Waals surface area (Å²) in [6, 6.07) is 7.30. The van der Waals surface area contributed by atoms with Crippen molar-refractivity contribution in [1.82, 2.24) is 19.7 Å². The van der Waals surface area contributed by atoms with Crippen LogP contribution in [0.15, 0.2) is 30.5 Å². The molecule has 0 aliphatic rings. The van der Waals surface area contributed by atoms with Gasteiger partial charge < -0.3 is 0 Å². The highest BCUT2D eigenvalue weighted by atomic mass is 35.5. The second-order valence-electron chi connectivity index (χ2n) is 4.04. The van der Waals surface area contributed by atoms with Gasteiger partial charge >= 0.3 is 0 Å². The SMILES string of the molecule is CS(=O)(=O)NCCn1cc(-c2cccc(Cl)c2)nn1. The third-order valence-corrected chi connectivity index (χ3v) is 3.33. The molecule has 19 heavy (non-hydrogen) atoms. The number of sulfonamides is 1. The molecular weight excluding hydrogens is 288 g/mol. The summed E-state index contributed by atoms with van der Waals surface area (Å²) >= 11 is 5.90. The highest BCUT2D eigenvalue weighted by Crippen LogP contribution is 2.19. The Labute approximate surface area is 116 Å². The maximum Gasteiger partial charge on any atom is 0.208 e. The second kappa shape index (κ2) is 5.68. The fraction of sp³-hybridized carbons (Fsp3) is 0.273. The van der Waals surface area contributed by atoms with Crippen LogP contribution in [0.3, 0.4) is 0 Å². The summed E-state index contributed by atoms with van der Waals surface area (Å²) in [5, 5.41) is 8.58. The highest BCUT2D eigenvalue weighted by Gasteiger charge is 2.05. The van der Waals surface area contributed by atoms with Crippen LogP contribution < -0.4 is 4.72 Å². The van der Waals surface area contributed by atoms with Gasteiger partial charge in [0.2, 0.25) is 10.0 Å². The molecular formula is C11H13ClN4O2S. The van der Waals surface area contributed by atoms with E-state index < -0.39 is 10.0 Å². The van der Waals surface area contributed by atoms with Gasteiger partial charge in [0.1, 0.15) is 5.69 Å². The van der Waals surface area contributed by atoms with Gasteiger partial charge in [-0.3, -0.25) is 4.68 Å². The molecule has 102 valence electrons. The van der Waals surface area contributed by atoms with Gasteiger partial charge in [0, 0.05) is 17.1 Å². The van der Waals surface area contributed by atoms with Gasteiger partial charge in [-0.2, -0.15) is 0 Å². The summed E-state index contributed by atoms with van der Waals surface area (Å²) in [6.45, 7) is 0.692. The van der Waals surface area contributed by atoms with E-state index in [1.165, 1.54) is 0 Å². The number of hydrogen-bond acceptors (Lipinski definition) is 4. The number of rotatable bonds is 5. The van der Waals surface area contributed by atoms with Crippen molar-refractivity contribution >= 4 is 21.6 Å². The van der Waals surface area contributed by atoms with Crippen LogP contribution in [0, 0.1) is 0 Å². The molecule has 0 saturated carbocycles. The van der Waals surface area contributed by atoms with Crippen molar-refractivity contribution in [3.8, 4) is 11.3 Å². The minimum absolute atomic E-state index is 0.275. The van der Waals surface area contributed by atoms with Crippen LogP contribution in [0.2, 0.25) is 5.02 Å². The van der Waals surface area contributed by atoms with Crippen molar-refractivity contribution in [2.75, 3.05) is 12.8 Å². The number of nitrogens with one attached hydrogen (secondary N) is 1. The van der Waals surface area contributed by atoms with Crippen molar-refractivity contribution < 1.29 is 8.42 Å². The molecule has 0 aliphatic heterocycles. The van der Waals surface area contributed by atoms with Gasteiger partial charge in [0.15, 0.2) is 0 Å². The van der Waals surface area contributed by atoms with Crippen LogP contribution in [-0.4, -0.2) is 36.2 Å². The van der Waals surface area contributed by atoms with E-state index in [2.05, 4.69) is 15.0 Å². The van der Waals surface area contributed by atoms with Crippen molar-refractivity contribution in [2.45, 2.75) is 6.54 Å². The lowest BCUT2D eigenvalue weighted by molar-refractivity contribution is 0.556. The molecule has 0 bridgehead atoms. The number of halogens is 1. The molecule has 8 heteroatoms. The molecule has 0 radical (unpaired) electrons. The molecule has 0 amide bonds. The number of nitrogens with zero attached hydrogens (tertiary/aromatic N) is 3. The van der Waals surface area contributed by atoms with Crippen LogP contribution in [0.5, 0.6) is 0 Å². The van der Waals surface area contributed by atoms with E-state index in [-0.39, 0.29) is 6.54 Å². The summed E-state index contributed by atoms with van der Waals surface area (Å²) in [7, 11) is -3.17. The Morgan fingerprint density at radius 1 is 1.42 bits per heavy atom. The third-order valence-electron chi connectivity index (χ3n) is 2.36. The average molecular weight is 301 g/mol. The summed E-state index contributed by atoms with van der Waals surface area (Å²) in [5.41, 5.74) is 1.57. The first kappa shape index (κ1) is 14.0. The summed E-state index contributed by atoms with van der Waals surface area (Å²) < 4.78 is 25.8. The highest BCUT2D eigenvalue weighted by molar-refractivity contribution is 7.88. The first-order chi connectivity index (χ1) is 8.94. The topological polar surface area (TPSA) is 76.9 Å². The van der Waals surface area contributed by atoms with Crippen molar-refractivity contribution in [3.05, 3.63) is 35.5 Å². The Bertz CT molecular complexity index is 669. The zero-order valence-electron chi connectivity index (χ0n) is 10.2. The van der Waals surface area contributed by atoms with E-state index in [0.717, 1.165) is 11.8 Å². The van der Waals surface area contributed by atoms with Crippen LogP contribution >= 0.6 is 11.6 Å². The van der Waals surface area contributed by atoms with E-state index in [1.54, 1.807) is 23.0 Å². The van der Waals surface area contributed by atoms with Crippen molar-refractivity contribution in [1.29, 1.82) is 0 Å². The Morgan fingerprint density at radius 2 is 2.21 bits per heavy atom. The Morgan fingerprint density at radius 3 is 2.89 bits per heavy atom. The molecule has 1 aromatic heterocycles. The van der Waals surface area contributed by atoms with E-state index in [4.69, 9.17) is 11.6 Å². The lowest BCUT2D eigenvalue weighted by Crippen LogP contribution is -2.26. The lowest BCUT2D eigenvalue weighted by Gasteiger charge is -2.01. The maximum absolute atomic E-state index is 10.9. The zero-order chi connectivity index (χ0) is 13.9. The van der Waals surface area contributed by atoms with Gasteiger partial charge in [-0.05, 0) is 12.1 Å². The van der Waals surface area contributed by atoms with Gasteiger partial charge in [-0.1, -0.05) is 28.9 Å². The summed E-state index contributed by atoms with van der Waals surface area (Å²) in [5.74, 6) is 0. The quantitative estimate of drug-likeness (QED) is 0.898. The van der Waals surface area contributed by atoms with E-state index in [9.17, 15) is 8.42 Å². The molecule has 1 aromatic carbocycles. The largest absolute Gasteiger partial charge is 0.251 e. The van der Waals surface area contributed by atoms with Crippen LogP contribution in [0.1, 0.15) is 0 Å². The number of aromatic nitrogens is 3. The third kappa shape index (κ3) is 4.30. The minimum atomic E-state index is -3.17. The first-order valence-corrected chi connectivity index (χ1v) is 7.82. The Balaban J connectivity index is 2.03. The van der Waals surface area contributed by atoms with Gasteiger partial charge in [-0.15, -0.1) is 5.10 Å². The molecule has 6 nitrogen and oxygen atoms in total. The molecule has 0 atom stereocenters. The van der Waals surface area contributed by atoms with Crippen LogP contribution in [0.25, 0.3) is 11.3 Å². The molecule has 0 unspecified atom stereocenters. The molecule has 2 aromatic rings. The standard InChI is InChI=1S/C11H13ClN4O2S/c1-19(17,18)13-5-6-16-8-11(14-15-16)9-3-2-4-10(12)7-9/h2-4,7-8,13H,5-6H2,1H3. The monoisotopic (exact) mass is 300 g/mol.